The second-order valence-electron chi connectivity index (χ2n) is 10.2. The molecule has 1 saturated heterocycles. The minimum absolute atomic E-state index is 0.335. The Morgan fingerprint density at radius 1 is 0.974 bits per heavy atom. The Balaban J connectivity index is 1.32. The van der Waals surface area contributed by atoms with Gasteiger partial charge in [-0.05, 0) is 28.5 Å². The molecule has 39 heavy (non-hydrogen) atoms. The van der Waals surface area contributed by atoms with E-state index in [1.807, 2.05) is 48.3 Å². The van der Waals surface area contributed by atoms with Gasteiger partial charge < -0.3 is 33.9 Å². The quantitative estimate of drug-likeness (QED) is 0.326. The van der Waals surface area contributed by atoms with Crippen molar-refractivity contribution >= 4 is 27.6 Å². The molecule has 0 saturated carbocycles. The molecule has 0 unspecified atom stereocenters. The number of ether oxygens (including phenoxy) is 2. The maximum absolute atomic E-state index is 10.6. The number of aromatic nitrogens is 3. The van der Waals surface area contributed by atoms with Gasteiger partial charge in [0.15, 0.2) is 0 Å². The molecular weight excluding hydrogens is 496 g/mol. The summed E-state index contributed by atoms with van der Waals surface area (Å²) >= 11 is 0. The molecule has 2 aliphatic heterocycles. The molecule has 3 aromatic carbocycles. The Kier molecular flexibility index (Phi) is 5.75. The molecule has 0 bridgehead atoms. The van der Waals surface area contributed by atoms with E-state index in [4.69, 9.17) is 9.47 Å². The molecule has 0 aliphatic carbocycles. The minimum atomic E-state index is -1.25. The fraction of sp³-hybridized carbons (Fsp3) is 0.267. The Labute approximate surface area is 224 Å². The van der Waals surface area contributed by atoms with Gasteiger partial charge in [-0.3, -0.25) is 0 Å². The van der Waals surface area contributed by atoms with Crippen molar-refractivity contribution in [3.8, 4) is 11.4 Å². The topological polar surface area (TPSA) is 114 Å². The van der Waals surface area contributed by atoms with Crippen LogP contribution in [0.3, 0.4) is 0 Å². The van der Waals surface area contributed by atoms with Crippen LogP contribution < -0.4 is 0 Å². The Morgan fingerprint density at radius 3 is 2.62 bits per heavy atom. The van der Waals surface area contributed by atoms with Crippen LogP contribution in [0.4, 0.5) is 0 Å². The third-order valence-electron chi connectivity index (χ3n) is 7.70. The third-order valence-corrected chi connectivity index (χ3v) is 7.70. The Morgan fingerprint density at radius 2 is 1.82 bits per heavy atom. The summed E-state index contributed by atoms with van der Waals surface area (Å²) in [6.07, 6.45) is 1.41. The molecule has 0 spiro atoms. The fourth-order valence-corrected chi connectivity index (χ4v) is 5.62. The summed E-state index contributed by atoms with van der Waals surface area (Å²) in [5.41, 5.74) is 3.87. The Bertz CT molecular complexity index is 1720. The molecule has 198 valence electrons. The van der Waals surface area contributed by atoms with Crippen LogP contribution in [0.15, 0.2) is 84.2 Å². The summed E-state index contributed by atoms with van der Waals surface area (Å²) in [5, 5.41) is 33.8. The van der Waals surface area contributed by atoms with Gasteiger partial charge in [-0.25, -0.2) is 9.98 Å². The van der Waals surface area contributed by atoms with Gasteiger partial charge in [-0.15, -0.1) is 0 Å². The Hall–Kier alpha value is -4.02. The van der Waals surface area contributed by atoms with Crippen LogP contribution in [0.5, 0.6) is 0 Å². The number of aliphatic hydroxyl groups is 3. The van der Waals surface area contributed by atoms with Crippen LogP contribution >= 0.6 is 0 Å². The second kappa shape index (κ2) is 9.32. The SMILES string of the molecule is Cn1ccnc1-c1ccc2c(C3=N[C@H]4[C@@H](O3)O[C@H](CO)[C@@H](O)[C@@H]4O)cn(Cc3ccc4ccccc4c3)c2c1. The van der Waals surface area contributed by atoms with Gasteiger partial charge in [0.2, 0.25) is 12.2 Å². The zero-order valence-corrected chi connectivity index (χ0v) is 21.3. The molecule has 2 aromatic heterocycles. The normalized spacial score (nSPS) is 24.6. The molecule has 2 aliphatic rings. The number of hydrogen-bond acceptors (Lipinski definition) is 7. The van der Waals surface area contributed by atoms with Gasteiger partial charge in [0.25, 0.3) is 0 Å². The van der Waals surface area contributed by atoms with Crippen LogP contribution in [-0.4, -0.2) is 72.6 Å². The predicted octanol–water partition coefficient (Wildman–Crippen LogP) is 2.83. The lowest BCUT2D eigenvalue weighted by Crippen LogP contribution is -2.56. The van der Waals surface area contributed by atoms with Gasteiger partial charge in [-0.1, -0.05) is 48.5 Å². The lowest BCUT2D eigenvalue weighted by atomic mass is 9.98. The highest BCUT2D eigenvalue weighted by Gasteiger charge is 2.49. The largest absolute Gasteiger partial charge is 0.445 e. The van der Waals surface area contributed by atoms with Crippen LogP contribution in [0.25, 0.3) is 33.1 Å². The van der Waals surface area contributed by atoms with Gasteiger partial charge >= 0.3 is 0 Å². The van der Waals surface area contributed by atoms with Crippen LogP contribution in [0.2, 0.25) is 0 Å². The van der Waals surface area contributed by atoms with Crippen molar-refractivity contribution in [1.82, 2.24) is 14.1 Å². The lowest BCUT2D eigenvalue weighted by molar-refractivity contribution is -0.234. The highest BCUT2D eigenvalue weighted by molar-refractivity contribution is 6.08. The van der Waals surface area contributed by atoms with E-state index in [1.165, 1.54) is 10.8 Å². The second-order valence-corrected chi connectivity index (χ2v) is 10.2. The van der Waals surface area contributed by atoms with Crippen molar-refractivity contribution < 1.29 is 24.8 Å². The molecule has 0 radical (unpaired) electrons. The van der Waals surface area contributed by atoms with Crippen LogP contribution in [0, 0.1) is 0 Å². The van der Waals surface area contributed by atoms with Crippen LogP contribution in [-0.2, 0) is 23.1 Å². The molecule has 9 heteroatoms. The third kappa shape index (κ3) is 4.02. The van der Waals surface area contributed by atoms with Gasteiger partial charge in [0.05, 0.1) is 12.2 Å². The van der Waals surface area contributed by atoms with Crippen molar-refractivity contribution in [2.24, 2.45) is 12.0 Å². The van der Waals surface area contributed by atoms with Crippen molar-refractivity contribution in [3.63, 3.8) is 0 Å². The zero-order valence-electron chi connectivity index (χ0n) is 21.3. The van der Waals surface area contributed by atoms with E-state index in [9.17, 15) is 15.3 Å². The van der Waals surface area contributed by atoms with Crippen LogP contribution in [0.1, 0.15) is 11.1 Å². The molecular formula is C30H28N4O5. The first-order valence-electron chi connectivity index (χ1n) is 13.0. The summed E-state index contributed by atoms with van der Waals surface area (Å²) in [6, 6.07) is 20.1. The molecule has 0 amide bonds. The average molecular weight is 525 g/mol. The van der Waals surface area contributed by atoms with E-state index in [0.29, 0.717) is 12.4 Å². The van der Waals surface area contributed by atoms with Gasteiger partial charge in [0, 0.05) is 48.6 Å². The van der Waals surface area contributed by atoms with Crippen molar-refractivity contribution in [1.29, 1.82) is 0 Å². The summed E-state index contributed by atoms with van der Waals surface area (Å²) < 4.78 is 15.9. The molecule has 4 heterocycles. The molecule has 9 nitrogen and oxygen atoms in total. The first-order valence-corrected chi connectivity index (χ1v) is 13.0. The maximum Gasteiger partial charge on any atom is 0.227 e. The van der Waals surface area contributed by atoms with E-state index in [-0.39, 0.29) is 0 Å². The number of benzene rings is 3. The summed E-state index contributed by atoms with van der Waals surface area (Å²) in [4.78, 5) is 9.15. The van der Waals surface area contributed by atoms with Gasteiger partial charge in [0.1, 0.15) is 30.2 Å². The molecule has 7 rings (SSSR count). The minimum Gasteiger partial charge on any atom is -0.445 e. The molecule has 5 atom stereocenters. The lowest BCUT2D eigenvalue weighted by Gasteiger charge is -2.36. The van der Waals surface area contributed by atoms with Crippen molar-refractivity contribution in [2.45, 2.75) is 37.2 Å². The van der Waals surface area contributed by atoms with E-state index in [0.717, 1.165) is 33.4 Å². The van der Waals surface area contributed by atoms with Crippen molar-refractivity contribution in [2.75, 3.05) is 6.61 Å². The molecule has 5 aromatic rings. The predicted molar refractivity (Wildman–Crippen MR) is 146 cm³/mol. The summed E-state index contributed by atoms with van der Waals surface area (Å²) in [6.45, 7) is 0.192. The number of aryl methyl sites for hydroxylation is 1. The number of rotatable bonds is 5. The van der Waals surface area contributed by atoms with E-state index < -0.39 is 37.3 Å². The standard InChI is InChI=1S/C30H28N4O5/c1-33-11-10-31-28(33)20-8-9-21-22(29-32-25-27(37)26(36)24(16-35)38-30(25)39-29)15-34(23(21)13-20)14-17-6-7-18-4-2-3-5-19(18)12-17/h2-13,15,24-27,30,35-37H,14,16H2,1H3/t24-,25-,26-,27-,30-/m1/s1. The number of aliphatic imine (C=N–C) groups is 1. The number of fused-ring (bicyclic) bond motifs is 3. The number of aliphatic hydroxyl groups excluding tert-OH is 3. The molecule has 1 fully saturated rings. The maximum atomic E-state index is 10.6. The van der Waals surface area contributed by atoms with E-state index in [2.05, 4.69) is 50.9 Å². The van der Waals surface area contributed by atoms with E-state index in [1.54, 1.807) is 6.20 Å². The fourth-order valence-electron chi connectivity index (χ4n) is 5.62. The monoisotopic (exact) mass is 524 g/mol. The van der Waals surface area contributed by atoms with E-state index >= 15 is 0 Å². The number of nitrogens with zero attached hydrogens (tertiary/aromatic N) is 4. The van der Waals surface area contributed by atoms with Gasteiger partial charge in [-0.2, -0.15) is 0 Å². The highest BCUT2D eigenvalue weighted by atomic mass is 16.7. The first-order chi connectivity index (χ1) is 19.0. The molecule has 3 N–H and O–H groups in total. The average Bonchev–Trinajstić information content (AvgIpc) is 3.67. The smallest absolute Gasteiger partial charge is 0.227 e. The summed E-state index contributed by atoms with van der Waals surface area (Å²) in [5.74, 6) is 1.19. The van der Waals surface area contributed by atoms with Crippen molar-refractivity contribution in [3.05, 3.63) is 90.4 Å². The number of hydrogen-bond donors (Lipinski definition) is 3. The summed E-state index contributed by atoms with van der Waals surface area (Å²) in [7, 11) is 1.97. The number of imidazole rings is 1. The highest BCUT2D eigenvalue weighted by Crippen LogP contribution is 2.34. The first kappa shape index (κ1) is 24.1. The zero-order chi connectivity index (χ0) is 26.7.